The summed E-state index contributed by atoms with van der Waals surface area (Å²) in [6.45, 7) is 8.20. The lowest BCUT2D eigenvalue weighted by molar-refractivity contribution is 0.00578. The Morgan fingerprint density at radius 2 is 0.675 bits per heavy atom. The summed E-state index contributed by atoms with van der Waals surface area (Å²) in [7, 11) is -0.395. The maximum atomic E-state index is 10.8. The Kier molecular flexibility index (Phi) is 10.3. The number of aromatic hydroxyl groups is 2. The number of halogens is 1. The van der Waals surface area contributed by atoms with E-state index in [2.05, 4.69) is 40.2 Å². The number of rotatable bonds is 4. The van der Waals surface area contributed by atoms with Crippen molar-refractivity contribution in [3.63, 3.8) is 0 Å². The second-order valence-corrected chi connectivity index (χ2v) is 21.8. The fourth-order valence-electron chi connectivity index (χ4n) is 11.3. The van der Waals surface area contributed by atoms with E-state index >= 15 is 0 Å². The summed E-state index contributed by atoms with van der Waals surface area (Å²) in [6, 6.07) is 59.8. The van der Waals surface area contributed by atoms with Crippen molar-refractivity contribution in [2.45, 2.75) is 38.9 Å². The van der Waals surface area contributed by atoms with Crippen LogP contribution in [0.15, 0.2) is 259 Å². The average molecular weight is 1110 g/mol. The van der Waals surface area contributed by atoms with Crippen LogP contribution in [-0.4, -0.2) is 28.5 Å². The third kappa shape index (κ3) is 8.90. The Hall–Kier alpha value is -8.78. The molecule has 14 aromatic rings. The number of phenols is 2. The van der Waals surface area contributed by atoms with Crippen molar-refractivity contribution in [3.05, 3.63) is 259 Å². The molecule has 4 nitrogen and oxygen atoms in total. The zero-order valence-electron chi connectivity index (χ0n) is 54.1. The molecule has 14 aromatic carbocycles. The number of benzene rings is 14. The Morgan fingerprint density at radius 1 is 0.350 bits per heavy atom. The third-order valence-corrected chi connectivity index (χ3v) is 16.7. The molecule has 1 saturated heterocycles. The minimum Gasteiger partial charge on any atom is -0.507 e. The van der Waals surface area contributed by atoms with Crippen molar-refractivity contribution in [3.8, 4) is 44.9 Å². The van der Waals surface area contributed by atoms with Crippen LogP contribution < -0.4 is 5.46 Å². The van der Waals surface area contributed by atoms with Gasteiger partial charge in [-0.1, -0.05) is 236 Å². The molecule has 386 valence electrons. The van der Waals surface area contributed by atoms with Gasteiger partial charge in [-0.3, -0.25) is 0 Å². The van der Waals surface area contributed by atoms with Gasteiger partial charge >= 0.3 is 7.12 Å². The first kappa shape index (κ1) is 40.4. The van der Waals surface area contributed by atoms with E-state index in [-0.39, 0.29) is 82.5 Å². The van der Waals surface area contributed by atoms with Gasteiger partial charge in [-0.05, 0) is 176 Å². The van der Waals surface area contributed by atoms with Gasteiger partial charge in [0, 0.05) is 15.2 Å². The van der Waals surface area contributed by atoms with Crippen molar-refractivity contribution >= 4 is 115 Å². The summed E-state index contributed by atoms with van der Waals surface area (Å²) >= 11 is 3.67. The predicted octanol–water partition coefficient (Wildman–Crippen LogP) is 19.8. The fourth-order valence-corrected chi connectivity index (χ4v) is 12.0. The Labute approximate surface area is 488 Å². The quantitative estimate of drug-likeness (QED) is 0.105. The molecule has 0 radical (unpaired) electrons. The zero-order chi connectivity index (χ0) is 63.4. The van der Waals surface area contributed by atoms with Gasteiger partial charge in [0.05, 0.1) is 24.9 Å². The van der Waals surface area contributed by atoms with Crippen LogP contribution in [0.25, 0.3) is 120 Å². The maximum absolute atomic E-state index is 10.8. The molecule has 0 atom stereocenters. The molecule has 0 amide bonds. The molecule has 2 N–H and O–H groups in total. The highest BCUT2D eigenvalue weighted by Gasteiger charge is 2.51. The van der Waals surface area contributed by atoms with Crippen molar-refractivity contribution in [1.82, 2.24) is 0 Å². The highest BCUT2D eigenvalue weighted by molar-refractivity contribution is 9.10. The van der Waals surface area contributed by atoms with E-state index in [1.165, 1.54) is 0 Å². The van der Waals surface area contributed by atoms with Gasteiger partial charge in [0.1, 0.15) is 11.5 Å². The average Bonchev–Trinajstić information content (AvgIpc) is 0.946. The first-order valence-electron chi connectivity index (χ1n) is 31.4. The highest BCUT2D eigenvalue weighted by Crippen LogP contribution is 2.46. The topological polar surface area (TPSA) is 58.9 Å². The lowest BCUT2D eigenvalue weighted by atomic mass is 9.78. The second kappa shape index (κ2) is 20.5. The van der Waals surface area contributed by atoms with Gasteiger partial charge in [0.15, 0.2) is 0 Å². The van der Waals surface area contributed by atoms with Crippen LogP contribution in [0.2, 0.25) is 0 Å². The summed E-state index contributed by atoms with van der Waals surface area (Å²) in [4.78, 5) is 0. The second-order valence-electron chi connectivity index (χ2n) is 21.0. The number of hydrogen-bond acceptors (Lipinski definition) is 4. The summed E-state index contributed by atoms with van der Waals surface area (Å²) < 4.78 is 96.0. The predicted molar refractivity (Wildman–Crippen MR) is 342 cm³/mol. The van der Waals surface area contributed by atoms with E-state index in [0.29, 0.717) is 16.9 Å². The molecule has 1 fully saturated rings. The van der Waals surface area contributed by atoms with Crippen LogP contribution in [0.5, 0.6) is 11.5 Å². The number of hydrogen-bond donors (Lipinski definition) is 2. The minimum absolute atomic E-state index is 0.186. The lowest BCUT2D eigenvalue weighted by Crippen LogP contribution is -2.41. The van der Waals surface area contributed by atoms with Gasteiger partial charge in [0.25, 0.3) is 0 Å². The van der Waals surface area contributed by atoms with Crippen molar-refractivity contribution < 1.29 is 33.2 Å². The Bertz CT molecular complexity index is 5160. The summed E-state index contributed by atoms with van der Waals surface area (Å²) in [5, 5.41) is 35.9. The molecule has 0 bridgehead atoms. The Balaban J connectivity index is 0.000000130. The number of fused-ring (bicyclic) bond motifs is 10. The molecule has 0 saturated carbocycles. The summed E-state index contributed by atoms with van der Waals surface area (Å²) in [5.74, 6) is 0.524. The van der Waals surface area contributed by atoms with Crippen molar-refractivity contribution in [2.24, 2.45) is 0 Å². The number of phenolic OH excluding ortho intramolecular Hbond substituents is 2. The van der Waals surface area contributed by atoms with Crippen LogP contribution in [0, 0.1) is 0 Å². The lowest BCUT2D eigenvalue weighted by Gasteiger charge is -2.32. The largest absolute Gasteiger partial charge is 0.507 e. The summed E-state index contributed by atoms with van der Waals surface area (Å²) in [5.41, 5.74) is 3.90. The van der Waals surface area contributed by atoms with E-state index in [9.17, 15) is 10.2 Å². The van der Waals surface area contributed by atoms with Gasteiger partial charge in [-0.25, -0.2) is 0 Å². The van der Waals surface area contributed by atoms with Gasteiger partial charge in [0.2, 0.25) is 0 Å². The standard InChI is InChI=1S/C34H22O.C20H21BO3.C20H13Br/c35-32-21-24-20-23(18-19-25(24)26-12-4-5-13-27(26)32)34-30-16-8-6-14-28(30)33(22-10-2-1-3-11-22)29-15-7-9-17-31(29)34;1-19(2)20(3,4)24-21(23-19)14-9-10-15-13(11-14)12-18(22)17-8-6-5-7-16(15)17;21-20-17-12-6-4-10-15(17)19(14-8-2-1-3-9-14)16-11-5-7-13-18(16)20/h1-21,35H;5-12,22H,1-4H3;1-13H/i1D,2D,3D,10D,11D;;1D,2D,3D,8D,9D. The SMILES string of the molecule is CC1(C)OB(c2ccc3c(c2)cc(O)c2ccccc23)OC1(C)C.[2H]c1c([2H])c([2H])c(-c2c3ccccc3c(-c3ccc4c(c3)cc(O)c3ccccc34)c3ccccc23)c([2H])c1[2H].[2H]c1c([2H])c([2H])c(-c2c3ccccc3c(Br)c3ccccc23)c([2H])c1[2H]. The monoisotopic (exact) mass is 1110 g/mol. The smallest absolute Gasteiger partial charge is 0.494 e. The van der Waals surface area contributed by atoms with Gasteiger partial charge in [-0.15, -0.1) is 0 Å². The van der Waals surface area contributed by atoms with Crippen molar-refractivity contribution in [1.29, 1.82) is 0 Å². The normalized spacial score (nSPS) is 15.5. The van der Waals surface area contributed by atoms with E-state index in [1.807, 2.05) is 191 Å². The molecule has 0 unspecified atom stereocenters. The van der Waals surface area contributed by atoms with Crippen LogP contribution in [0.1, 0.15) is 41.4 Å². The summed E-state index contributed by atoms with van der Waals surface area (Å²) in [6.07, 6.45) is 0. The molecule has 15 rings (SSSR count). The molecule has 0 spiro atoms. The molecule has 1 aliphatic heterocycles. The molecule has 1 aliphatic rings. The Morgan fingerprint density at radius 3 is 1.09 bits per heavy atom. The fraction of sp³-hybridized carbons (Fsp3) is 0.0811. The molecule has 1 heterocycles. The van der Waals surface area contributed by atoms with E-state index in [4.69, 9.17) is 23.0 Å². The molecule has 80 heavy (non-hydrogen) atoms. The third-order valence-electron chi connectivity index (χ3n) is 15.8. The van der Waals surface area contributed by atoms with Crippen LogP contribution in [0.3, 0.4) is 0 Å². The van der Waals surface area contributed by atoms with Gasteiger partial charge in [-0.2, -0.15) is 0 Å². The van der Waals surface area contributed by atoms with Crippen LogP contribution in [-0.2, 0) is 9.31 Å². The van der Waals surface area contributed by atoms with Crippen LogP contribution in [0.4, 0.5) is 0 Å². The molecule has 6 heteroatoms. The molecule has 0 aromatic heterocycles. The minimum atomic E-state index is -0.407. The highest BCUT2D eigenvalue weighted by atomic mass is 79.9. The molecular weight excluding hydrogens is 1040 g/mol. The zero-order valence-corrected chi connectivity index (χ0v) is 45.7. The van der Waals surface area contributed by atoms with Gasteiger partial charge < -0.3 is 19.5 Å². The van der Waals surface area contributed by atoms with E-state index in [1.54, 1.807) is 6.07 Å². The molecule has 0 aliphatic carbocycles. The first-order chi connectivity index (χ1) is 43.1. The molecular formula is C74H56BBrO4. The van der Waals surface area contributed by atoms with E-state index in [0.717, 1.165) is 107 Å². The first-order valence-corrected chi connectivity index (χ1v) is 27.2. The van der Waals surface area contributed by atoms with E-state index < -0.39 is 13.2 Å². The maximum Gasteiger partial charge on any atom is 0.494 e. The van der Waals surface area contributed by atoms with Crippen LogP contribution >= 0.6 is 15.9 Å². The van der Waals surface area contributed by atoms with Crippen molar-refractivity contribution in [2.75, 3.05) is 0 Å².